The summed E-state index contributed by atoms with van der Waals surface area (Å²) in [4.78, 5) is 0. The van der Waals surface area contributed by atoms with E-state index in [1.165, 1.54) is 0 Å². The fourth-order valence-corrected chi connectivity index (χ4v) is 1.65. The molecule has 0 saturated heterocycles. The lowest BCUT2D eigenvalue weighted by Crippen LogP contribution is -2.11. The van der Waals surface area contributed by atoms with Crippen LogP contribution in [-0.4, -0.2) is 53.9 Å². The molecule has 0 unspecified atom stereocenters. The first-order valence-corrected chi connectivity index (χ1v) is 6.92. The SMILES string of the molecule is COCCOCCOCCOCc1ccc(OC)c(N)c1. The molecule has 1 aromatic rings. The summed E-state index contributed by atoms with van der Waals surface area (Å²) in [5.74, 6) is 0.676. The van der Waals surface area contributed by atoms with Crippen molar-refractivity contribution in [3.05, 3.63) is 23.8 Å². The summed E-state index contributed by atoms with van der Waals surface area (Å²) in [6, 6.07) is 5.62. The lowest BCUT2D eigenvalue weighted by atomic mass is 10.2. The molecule has 1 rings (SSSR count). The Labute approximate surface area is 126 Å². The van der Waals surface area contributed by atoms with E-state index < -0.39 is 0 Å². The third-order valence-electron chi connectivity index (χ3n) is 2.74. The van der Waals surface area contributed by atoms with Crippen molar-refractivity contribution in [1.82, 2.24) is 0 Å². The van der Waals surface area contributed by atoms with Crippen LogP contribution in [0.15, 0.2) is 18.2 Å². The van der Waals surface area contributed by atoms with E-state index in [1.54, 1.807) is 14.2 Å². The first-order valence-electron chi connectivity index (χ1n) is 6.92. The van der Waals surface area contributed by atoms with Gasteiger partial charge in [0.1, 0.15) is 5.75 Å². The quantitative estimate of drug-likeness (QED) is 0.465. The van der Waals surface area contributed by atoms with Gasteiger partial charge in [0, 0.05) is 7.11 Å². The van der Waals surface area contributed by atoms with Crippen LogP contribution in [0.3, 0.4) is 0 Å². The molecule has 21 heavy (non-hydrogen) atoms. The molecule has 0 amide bonds. The predicted molar refractivity (Wildman–Crippen MR) is 80.6 cm³/mol. The van der Waals surface area contributed by atoms with Crippen LogP contribution in [0.5, 0.6) is 5.75 Å². The molecule has 0 aliphatic heterocycles. The minimum atomic E-state index is 0.502. The van der Waals surface area contributed by atoms with E-state index in [4.69, 9.17) is 29.4 Å². The van der Waals surface area contributed by atoms with Gasteiger partial charge in [-0.3, -0.25) is 0 Å². The maximum Gasteiger partial charge on any atom is 0.141 e. The monoisotopic (exact) mass is 299 g/mol. The largest absolute Gasteiger partial charge is 0.495 e. The number of rotatable bonds is 12. The zero-order valence-electron chi connectivity index (χ0n) is 12.8. The molecule has 0 aromatic heterocycles. The van der Waals surface area contributed by atoms with Crippen LogP contribution >= 0.6 is 0 Å². The van der Waals surface area contributed by atoms with E-state index >= 15 is 0 Å². The van der Waals surface area contributed by atoms with Gasteiger partial charge in [0.05, 0.1) is 59.0 Å². The van der Waals surface area contributed by atoms with Gasteiger partial charge in [-0.1, -0.05) is 6.07 Å². The lowest BCUT2D eigenvalue weighted by Gasteiger charge is -2.09. The standard InChI is InChI=1S/C15H25NO5/c1-17-5-6-19-7-8-20-9-10-21-12-13-3-4-15(18-2)14(16)11-13/h3-4,11H,5-10,12,16H2,1-2H3. The minimum absolute atomic E-state index is 0.502. The molecule has 120 valence electrons. The molecule has 2 N–H and O–H groups in total. The number of nitrogens with two attached hydrogens (primary N) is 1. The average Bonchev–Trinajstić information content (AvgIpc) is 2.49. The van der Waals surface area contributed by atoms with Crippen LogP contribution in [0.1, 0.15) is 5.56 Å². The lowest BCUT2D eigenvalue weighted by molar-refractivity contribution is 0.000871. The third kappa shape index (κ3) is 7.87. The maximum atomic E-state index is 5.82. The van der Waals surface area contributed by atoms with Gasteiger partial charge < -0.3 is 29.4 Å². The van der Waals surface area contributed by atoms with Crippen molar-refractivity contribution in [3.63, 3.8) is 0 Å². The highest BCUT2D eigenvalue weighted by atomic mass is 16.6. The third-order valence-corrected chi connectivity index (χ3v) is 2.74. The molecule has 0 atom stereocenters. The molecule has 0 saturated carbocycles. The fraction of sp³-hybridized carbons (Fsp3) is 0.600. The molecule has 6 nitrogen and oxygen atoms in total. The number of anilines is 1. The predicted octanol–water partition coefficient (Wildman–Crippen LogP) is 1.47. The molecule has 0 fully saturated rings. The van der Waals surface area contributed by atoms with Crippen LogP contribution in [0.25, 0.3) is 0 Å². The van der Waals surface area contributed by atoms with Crippen LogP contribution in [-0.2, 0) is 25.6 Å². The Morgan fingerprint density at radius 1 is 0.857 bits per heavy atom. The van der Waals surface area contributed by atoms with Crippen molar-refractivity contribution in [2.75, 3.05) is 59.6 Å². The molecular weight excluding hydrogens is 274 g/mol. The maximum absolute atomic E-state index is 5.82. The van der Waals surface area contributed by atoms with Crippen molar-refractivity contribution in [2.45, 2.75) is 6.61 Å². The van der Waals surface area contributed by atoms with E-state index in [2.05, 4.69) is 0 Å². The molecule has 1 aromatic carbocycles. The van der Waals surface area contributed by atoms with E-state index in [-0.39, 0.29) is 0 Å². The number of hydrogen-bond acceptors (Lipinski definition) is 6. The van der Waals surface area contributed by atoms with Crippen LogP contribution in [0, 0.1) is 0 Å². The Morgan fingerprint density at radius 3 is 2.05 bits per heavy atom. The highest BCUT2D eigenvalue weighted by Crippen LogP contribution is 2.22. The summed E-state index contributed by atoms with van der Waals surface area (Å²) in [6.07, 6.45) is 0. The summed E-state index contributed by atoms with van der Waals surface area (Å²) in [5.41, 5.74) is 7.45. The topological polar surface area (TPSA) is 72.2 Å². The van der Waals surface area contributed by atoms with Gasteiger partial charge in [-0.05, 0) is 17.7 Å². The van der Waals surface area contributed by atoms with Gasteiger partial charge in [-0.2, -0.15) is 0 Å². The molecule has 0 heterocycles. The summed E-state index contributed by atoms with van der Waals surface area (Å²) in [7, 11) is 3.24. The number of hydrogen-bond donors (Lipinski definition) is 1. The molecule has 6 heteroatoms. The van der Waals surface area contributed by atoms with Gasteiger partial charge in [-0.25, -0.2) is 0 Å². The Kier molecular flexibility index (Phi) is 9.56. The zero-order valence-corrected chi connectivity index (χ0v) is 12.8. The van der Waals surface area contributed by atoms with Gasteiger partial charge >= 0.3 is 0 Å². The highest BCUT2D eigenvalue weighted by molar-refractivity contribution is 5.54. The van der Waals surface area contributed by atoms with Crippen molar-refractivity contribution in [3.8, 4) is 5.75 Å². The van der Waals surface area contributed by atoms with Gasteiger partial charge in [0.25, 0.3) is 0 Å². The summed E-state index contributed by atoms with van der Waals surface area (Å²) >= 11 is 0. The Balaban J connectivity index is 2.00. The second-order valence-corrected chi connectivity index (χ2v) is 4.35. The van der Waals surface area contributed by atoms with Gasteiger partial charge in [-0.15, -0.1) is 0 Å². The Hall–Kier alpha value is -1.34. The molecule has 0 spiro atoms. The van der Waals surface area contributed by atoms with Crippen LogP contribution in [0.2, 0.25) is 0 Å². The number of ether oxygens (including phenoxy) is 5. The number of benzene rings is 1. The minimum Gasteiger partial charge on any atom is -0.495 e. The molecule has 0 aliphatic rings. The summed E-state index contributed by atoms with van der Waals surface area (Å²) < 4.78 is 26.1. The summed E-state index contributed by atoms with van der Waals surface area (Å²) in [6.45, 7) is 3.90. The Bertz CT molecular complexity index is 386. The highest BCUT2D eigenvalue weighted by Gasteiger charge is 2.00. The number of nitrogen functional groups attached to an aromatic ring is 1. The van der Waals surface area contributed by atoms with Crippen molar-refractivity contribution in [1.29, 1.82) is 0 Å². The van der Waals surface area contributed by atoms with Crippen LogP contribution in [0.4, 0.5) is 5.69 Å². The van der Waals surface area contributed by atoms with Gasteiger partial charge in [0.15, 0.2) is 0 Å². The zero-order chi connectivity index (χ0) is 15.3. The van der Waals surface area contributed by atoms with Crippen LogP contribution < -0.4 is 10.5 Å². The fourth-order valence-electron chi connectivity index (χ4n) is 1.65. The van der Waals surface area contributed by atoms with Crippen molar-refractivity contribution in [2.24, 2.45) is 0 Å². The number of methoxy groups -OCH3 is 2. The molecule has 0 bridgehead atoms. The van der Waals surface area contributed by atoms with Gasteiger partial charge in [0.2, 0.25) is 0 Å². The van der Waals surface area contributed by atoms with E-state index in [0.717, 1.165) is 5.56 Å². The molecular formula is C15H25NO5. The van der Waals surface area contributed by atoms with Crippen molar-refractivity contribution < 1.29 is 23.7 Å². The first kappa shape index (κ1) is 17.7. The van der Waals surface area contributed by atoms with E-state index in [0.29, 0.717) is 57.7 Å². The Morgan fingerprint density at radius 2 is 1.48 bits per heavy atom. The average molecular weight is 299 g/mol. The molecule has 0 aliphatic carbocycles. The smallest absolute Gasteiger partial charge is 0.141 e. The van der Waals surface area contributed by atoms with E-state index in [9.17, 15) is 0 Å². The van der Waals surface area contributed by atoms with E-state index in [1.807, 2.05) is 18.2 Å². The summed E-state index contributed by atoms with van der Waals surface area (Å²) in [5, 5.41) is 0. The second kappa shape index (κ2) is 11.3. The van der Waals surface area contributed by atoms with Crippen molar-refractivity contribution >= 4 is 5.69 Å². The first-order chi connectivity index (χ1) is 10.3. The normalized spacial score (nSPS) is 10.8. The second-order valence-electron chi connectivity index (χ2n) is 4.35. The molecule has 0 radical (unpaired) electrons.